The van der Waals surface area contributed by atoms with Crippen molar-refractivity contribution in [2.45, 2.75) is 115 Å². The van der Waals surface area contributed by atoms with Gasteiger partial charge in [0.15, 0.2) is 5.78 Å². The van der Waals surface area contributed by atoms with Crippen molar-refractivity contribution in [3.05, 3.63) is 12.2 Å². The molecule has 0 aromatic rings. The van der Waals surface area contributed by atoms with Gasteiger partial charge in [-0.2, -0.15) is 0 Å². The summed E-state index contributed by atoms with van der Waals surface area (Å²) in [5.41, 5.74) is 5.75. The van der Waals surface area contributed by atoms with E-state index in [0.29, 0.717) is 6.42 Å². The van der Waals surface area contributed by atoms with Gasteiger partial charge in [0, 0.05) is 13.1 Å². The minimum Gasteiger partial charge on any atom is -0.319 e. The lowest BCUT2D eigenvalue weighted by Gasteiger charge is -2.29. The Morgan fingerprint density at radius 1 is 0.889 bits per heavy atom. The largest absolute Gasteiger partial charge is 0.319 e. The van der Waals surface area contributed by atoms with E-state index in [1.165, 1.54) is 70.6 Å². The first-order valence-electron chi connectivity index (χ1n) is 11.6. The van der Waals surface area contributed by atoms with E-state index >= 15 is 0 Å². The molecule has 1 unspecified atom stereocenters. The first kappa shape index (κ1) is 24.3. The highest BCUT2D eigenvalue weighted by Gasteiger charge is 2.37. The molecule has 4 nitrogen and oxygen atoms in total. The Bertz CT molecular complexity index is 404. The molecule has 0 saturated carbocycles. The van der Waals surface area contributed by atoms with Gasteiger partial charge in [-0.05, 0) is 38.5 Å². The van der Waals surface area contributed by atoms with E-state index in [4.69, 9.17) is 5.73 Å². The topological polar surface area (TPSA) is 67.2 Å². The summed E-state index contributed by atoms with van der Waals surface area (Å²) in [7, 11) is 0. The molecule has 0 aliphatic carbocycles. The van der Waals surface area contributed by atoms with Crippen LogP contribution in [0.5, 0.6) is 0 Å². The molecule has 0 bridgehead atoms. The maximum absolute atomic E-state index is 12.6. The van der Waals surface area contributed by atoms with Gasteiger partial charge in [0.05, 0.1) is 5.54 Å². The molecule has 0 spiro atoms. The molecule has 1 saturated heterocycles. The summed E-state index contributed by atoms with van der Waals surface area (Å²) >= 11 is 0. The third-order valence-corrected chi connectivity index (χ3v) is 5.84. The molecule has 1 aliphatic heterocycles. The Morgan fingerprint density at radius 3 is 1.96 bits per heavy atom. The van der Waals surface area contributed by atoms with Gasteiger partial charge in [0.2, 0.25) is 0 Å². The molecule has 1 atom stereocenters. The zero-order valence-electron chi connectivity index (χ0n) is 18.0. The lowest BCUT2D eigenvalue weighted by Crippen LogP contribution is -2.57. The quantitative estimate of drug-likeness (QED) is 0.250. The summed E-state index contributed by atoms with van der Waals surface area (Å²) in [6, 6.07) is 0. The van der Waals surface area contributed by atoms with Gasteiger partial charge in [-0.15, -0.1) is 0 Å². The minimum atomic E-state index is -0.675. The predicted octanol–water partition coefficient (Wildman–Crippen LogP) is 4.83. The predicted molar refractivity (Wildman–Crippen MR) is 117 cm³/mol. The van der Waals surface area contributed by atoms with Crippen LogP contribution < -0.4 is 16.4 Å². The van der Waals surface area contributed by atoms with E-state index in [-0.39, 0.29) is 11.9 Å². The molecule has 1 heterocycles. The molecule has 27 heavy (non-hydrogen) atoms. The van der Waals surface area contributed by atoms with Gasteiger partial charge < -0.3 is 5.73 Å². The minimum absolute atomic E-state index is 0.139. The second-order valence-electron chi connectivity index (χ2n) is 8.20. The fraction of sp³-hybridized carbons (Fsp3) is 0.870. The number of carbonyl (C=O) groups is 1. The highest BCUT2D eigenvalue weighted by Crippen LogP contribution is 2.20. The summed E-state index contributed by atoms with van der Waals surface area (Å²) in [6.07, 6.45) is 21.4. The number of rotatable bonds is 17. The molecule has 0 radical (unpaired) electrons. The van der Waals surface area contributed by atoms with E-state index in [0.717, 1.165) is 25.9 Å². The molecule has 1 fully saturated rings. The van der Waals surface area contributed by atoms with Crippen LogP contribution in [0.1, 0.15) is 104 Å². The van der Waals surface area contributed by atoms with Crippen molar-refractivity contribution >= 4 is 5.78 Å². The molecule has 1 rings (SSSR count). The zero-order valence-corrected chi connectivity index (χ0v) is 18.0. The van der Waals surface area contributed by atoms with Gasteiger partial charge in [-0.1, -0.05) is 77.4 Å². The molecule has 158 valence electrons. The van der Waals surface area contributed by atoms with Crippen LogP contribution in [0.3, 0.4) is 0 Å². The molecule has 0 amide bonds. The van der Waals surface area contributed by atoms with Crippen molar-refractivity contribution in [1.82, 2.24) is 10.6 Å². The highest BCUT2D eigenvalue weighted by atomic mass is 16.1. The van der Waals surface area contributed by atoms with Crippen LogP contribution in [0.15, 0.2) is 12.2 Å². The van der Waals surface area contributed by atoms with Crippen LogP contribution in [-0.2, 0) is 4.79 Å². The Kier molecular flexibility index (Phi) is 13.7. The first-order chi connectivity index (χ1) is 13.1. The number of carbonyl (C=O) groups excluding carboxylic acids is 1. The molecular formula is C23H45N3O. The maximum atomic E-state index is 12.6. The summed E-state index contributed by atoms with van der Waals surface area (Å²) in [5, 5.41) is 6.40. The monoisotopic (exact) mass is 379 g/mol. The number of unbranched alkanes of at least 4 members (excludes halogenated alkanes) is 10. The van der Waals surface area contributed by atoms with Gasteiger partial charge in [-0.3, -0.25) is 15.4 Å². The third kappa shape index (κ3) is 10.4. The van der Waals surface area contributed by atoms with Crippen LogP contribution >= 0.6 is 0 Å². The van der Waals surface area contributed by atoms with Gasteiger partial charge in [0.1, 0.15) is 6.17 Å². The van der Waals surface area contributed by atoms with E-state index in [1.807, 2.05) is 6.92 Å². The second-order valence-corrected chi connectivity index (χ2v) is 8.20. The summed E-state index contributed by atoms with van der Waals surface area (Å²) in [4.78, 5) is 12.6. The van der Waals surface area contributed by atoms with Crippen LogP contribution in [0.4, 0.5) is 0 Å². The van der Waals surface area contributed by atoms with Crippen molar-refractivity contribution in [3.63, 3.8) is 0 Å². The summed E-state index contributed by atoms with van der Waals surface area (Å²) in [5.74, 6) is 0.139. The zero-order chi connectivity index (χ0) is 19.8. The van der Waals surface area contributed by atoms with E-state index in [1.54, 1.807) is 0 Å². The average molecular weight is 380 g/mol. The lowest BCUT2D eigenvalue weighted by atomic mass is 9.84. The van der Waals surface area contributed by atoms with E-state index in [9.17, 15) is 4.79 Å². The number of hydrogen-bond donors (Lipinski definition) is 3. The second kappa shape index (κ2) is 15.2. The Hall–Kier alpha value is -0.710. The van der Waals surface area contributed by atoms with Gasteiger partial charge in [-0.25, -0.2) is 0 Å². The number of ketones is 1. The van der Waals surface area contributed by atoms with Gasteiger partial charge >= 0.3 is 0 Å². The number of Topliss-reactive ketones (excluding diaryl/α,β-unsaturated/α-hetero) is 1. The number of hydrogen-bond acceptors (Lipinski definition) is 4. The normalized spacial score (nSPS) is 17.6. The summed E-state index contributed by atoms with van der Waals surface area (Å²) < 4.78 is 0. The fourth-order valence-electron chi connectivity index (χ4n) is 3.79. The Morgan fingerprint density at radius 2 is 1.41 bits per heavy atom. The molecule has 4 N–H and O–H groups in total. The number of nitrogens with two attached hydrogens (primary N) is 1. The third-order valence-electron chi connectivity index (χ3n) is 5.84. The molecule has 0 aromatic carbocycles. The molecule has 1 aliphatic rings. The maximum Gasteiger partial charge on any atom is 0.183 e. The number of nitrogens with one attached hydrogen (secondary N) is 2. The van der Waals surface area contributed by atoms with Crippen LogP contribution in [0.25, 0.3) is 0 Å². The highest BCUT2D eigenvalue weighted by molar-refractivity contribution is 5.92. The molecule has 4 heteroatoms. The number of allylic oxidation sites excluding steroid dienone is 2. The van der Waals surface area contributed by atoms with Crippen molar-refractivity contribution in [2.75, 3.05) is 13.1 Å². The molecular weight excluding hydrogens is 334 g/mol. The van der Waals surface area contributed by atoms with Crippen LogP contribution in [-0.4, -0.2) is 30.6 Å². The van der Waals surface area contributed by atoms with Crippen molar-refractivity contribution < 1.29 is 4.79 Å². The standard InChI is InChI=1S/C23H45N3O/c1-3-5-6-7-8-9-10-11-12-13-14-15-16-17-18-23(24,4-2)21(27)22-25-19-20-26-22/h11-12,22,25-26H,3-10,13-20,24H2,1-2H3/b12-11-. The van der Waals surface area contributed by atoms with E-state index in [2.05, 4.69) is 29.7 Å². The Labute approximate surface area is 168 Å². The first-order valence-corrected chi connectivity index (χ1v) is 11.6. The molecule has 0 aromatic heterocycles. The van der Waals surface area contributed by atoms with E-state index < -0.39 is 5.54 Å². The SMILES string of the molecule is CCCCCCCC/C=C\CCCCCCC(N)(CC)C(=O)C1NCCN1. The summed E-state index contributed by atoms with van der Waals surface area (Å²) in [6.45, 7) is 6.00. The van der Waals surface area contributed by atoms with Crippen molar-refractivity contribution in [3.8, 4) is 0 Å². The average Bonchev–Trinajstić information content (AvgIpc) is 3.22. The van der Waals surface area contributed by atoms with Crippen LogP contribution in [0.2, 0.25) is 0 Å². The lowest BCUT2D eigenvalue weighted by molar-refractivity contribution is -0.126. The smallest absolute Gasteiger partial charge is 0.183 e. The fourth-order valence-corrected chi connectivity index (χ4v) is 3.79. The Balaban J connectivity index is 2.00. The van der Waals surface area contributed by atoms with Crippen LogP contribution in [0, 0.1) is 0 Å². The van der Waals surface area contributed by atoms with Crippen molar-refractivity contribution in [2.24, 2.45) is 5.73 Å². The van der Waals surface area contributed by atoms with Gasteiger partial charge in [0.25, 0.3) is 0 Å². The van der Waals surface area contributed by atoms with Crippen molar-refractivity contribution in [1.29, 1.82) is 0 Å².